The zero-order valence-electron chi connectivity index (χ0n) is 22.2. The molecule has 39 heavy (non-hydrogen) atoms. The van der Waals surface area contributed by atoms with Crippen LogP contribution in [0.5, 0.6) is 0 Å². The Morgan fingerprint density at radius 2 is 1.33 bits per heavy atom. The van der Waals surface area contributed by atoms with Crippen LogP contribution < -0.4 is 15.9 Å². The number of carbonyl (C=O) groups is 3. The van der Waals surface area contributed by atoms with Crippen LogP contribution in [0.4, 0.5) is 4.79 Å². The van der Waals surface area contributed by atoms with Gasteiger partial charge in [-0.05, 0) is 42.0 Å². The van der Waals surface area contributed by atoms with Gasteiger partial charge in [-0.25, -0.2) is 4.79 Å². The summed E-state index contributed by atoms with van der Waals surface area (Å²) in [5, 5.41) is 5.51. The van der Waals surface area contributed by atoms with Gasteiger partial charge in [-0.1, -0.05) is 92.7 Å². The van der Waals surface area contributed by atoms with E-state index in [1.165, 1.54) is 12.1 Å². The molecular weight excluding hydrogens is 515 g/mol. The number of amides is 2. The van der Waals surface area contributed by atoms with E-state index in [4.69, 9.17) is 4.74 Å². The summed E-state index contributed by atoms with van der Waals surface area (Å²) in [4.78, 5) is 49.9. The molecule has 0 bridgehead atoms. The number of alkyl carbamates (subject to hydrolysis) is 1. The molecule has 0 aliphatic heterocycles. The maximum absolute atomic E-state index is 13.4. The van der Waals surface area contributed by atoms with E-state index in [2.05, 4.69) is 10.6 Å². The van der Waals surface area contributed by atoms with Crippen molar-refractivity contribution in [1.29, 1.82) is 0 Å². The minimum absolute atomic E-state index is 0.0447. The van der Waals surface area contributed by atoms with Crippen LogP contribution in [0.15, 0.2) is 91.0 Å². The van der Waals surface area contributed by atoms with E-state index >= 15 is 0 Å². The topological polar surface area (TPSA) is 122 Å². The molecule has 2 amide bonds. The third-order valence-electron chi connectivity index (χ3n) is 6.05. The molecule has 1 unspecified atom stereocenters. The van der Waals surface area contributed by atoms with Gasteiger partial charge in [-0.2, -0.15) is 0 Å². The normalized spacial score (nSPS) is 14.1. The lowest BCUT2D eigenvalue weighted by molar-refractivity contribution is -0.128. The fourth-order valence-electron chi connectivity index (χ4n) is 4.05. The fraction of sp³-hybridized carbons (Fsp3) is 0.300. The first-order valence-electron chi connectivity index (χ1n) is 12.9. The van der Waals surface area contributed by atoms with Crippen LogP contribution >= 0.6 is 7.37 Å². The molecule has 3 aromatic carbocycles. The van der Waals surface area contributed by atoms with Crippen molar-refractivity contribution in [2.75, 3.05) is 6.16 Å². The number of hydrogen-bond donors (Lipinski definition) is 3. The van der Waals surface area contributed by atoms with Crippen molar-refractivity contribution in [3.8, 4) is 0 Å². The molecule has 0 aliphatic carbocycles. The first kappa shape index (κ1) is 29.8. The predicted molar refractivity (Wildman–Crippen MR) is 151 cm³/mol. The van der Waals surface area contributed by atoms with Gasteiger partial charge in [-0.3, -0.25) is 14.2 Å². The van der Waals surface area contributed by atoms with E-state index in [0.717, 1.165) is 11.1 Å². The van der Waals surface area contributed by atoms with E-state index in [1.54, 1.807) is 18.2 Å². The third-order valence-corrected chi connectivity index (χ3v) is 7.89. The highest BCUT2D eigenvalue weighted by Gasteiger charge is 2.32. The average molecular weight is 551 g/mol. The summed E-state index contributed by atoms with van der Waals surface area (Å²) < 4.78 is 18.3. The summed E-state index contributed by atoms with van der Waals surface area (Å²) in [5.41, 5.74) is 1.58. The van der Waals surface area contributed by atoms with Crippen LogP contribution in [-0.2, 0) is 31.9 Å². The van der Waals surface area contributed by atoms with Crippen molar-refractivity contribution in [1.82, 2.24) is 10.6 Å². The summed E-state index contributed by atoms with van der Waals surface area (Å²) in [6.45, 7) is 3.86. The van der Waals surface area contributed by atoms with Crippen molar-refractivity contribution in [2.45, 2.75) is 45.4 Å². The maximum Gasteiger partial charge on any atom is 0.408 e. The SMILES string of the molecule is CC(C)C[C@H](NC(=O)OCc1ccccc1)C(=O)N[C@@H](Cc1ccccc1)C(=O)CP(=O)(O)c1ccccc1. The Morgan fingerprint density at radius 3 is 1.90 bits per heavy atom. The monoisotopic (exact) mass is 550 g/mol. The van der Waals surface area contributed by atoms with E-state index in [0.29, 0.717) is 6.42 Å². The highest BCUT2D eigenvalue weighted by Crippen LogP contribution is 2.39. The van der Waals surface area contributed by atoms with Crippen LogP contribution in [0.2, 0.25) is 0 Å². The average Bonchev–Trinajstić information content (AvgIpc) is 2.92. The molecule has 3 N–H and O–H groups in total. The van der Waals surface area contributed by atoms with Crippen LogP contribution in [0.3, 0.4) is 0 Å². The molecule has 0 saturated carbocycles. The van der Waals surface area contributed by atoms with Crippen molar-refractivity contribution in [3.63, 3.8) is 0 Å². The fourth-order valence-corrected chi connectivity index (χ4v) is 5.51. The zero-order chi connectivity index (χ0) is 28.3. The number of benzene rings is 3. The highest BCUT2D eigenvalue weighted by atomic mass is 31.2. The van der Waals surface area contributed by atoms with Gasteiger partial charge in [0.25, 0.3) is 0 Å². The molecule has 0 aromatic heterocycles. The lowest BCUT2D eigenvalue weighted by Crippen LogP contribution is -2.53. The molecule has 9 heteroatoms. The molecule has 0 saturated heterocycles. The quantitative estimate of drug-likeness (QED) is 0.274. The van der Waals surface area contributed by atoms with Crippen molar-refractivity contribution in [2.24, 2.45) is 5.92 Å². The molecule has 3 aromatic rings. The van der Waals surface area contributed by atoms with Crippen molar-refractivity contribution in [3.05, 3.63) is 102 Å². The number of rotatable bonds is 13. The Hall–Kier alpha value is -3.74. The smallest absolute Gasteiger partial charge is 0.408 e. The summed E-state index contributed by atoms with van der Waals surface area (Å²) >= 11 is 0. The highest BCUT2D eigenvalue weighted by molar-refractivity contribution is 7.66. The predicted octanol–water partition coefficient (Wildman–Crippen LogP) is 4.22. The van der Waals surface area contributed by atoms with Crippen LogP contribution in [0.25, 0.3) is 0 Å². The summed E-state index contributed by atoms with van der Waals surface area (Å²) in [6.07, 6.45) is -0.945. The van der Waals surface area contributed by atoms with Gasteiger partial charge < -0.3 is 20.3 Å². The summed E-state index contributed by atoms with van der Waals surface area (Å²) in [5.74, 6) is -1.09. The van der Waals surface area contributed by atoms with Crippen molar-refractivity contribution < 1.29 is 28.6 Å². The molecule has 0 aliphatic rings. The van der Waals surface area contributed by atoms with Gasteiger partial charge in [0, 0.05) is 5.30 Å². The molecule has 206 valence electrons. The standard InChI is InChI=1S/C30H35N2O6P/c1-22(2)18-27(32-30(35)38-20-24-14-8-4-9-15-24)29(34)31-26(19-23-12-6-3-7-13-23)28(33)21-39(36,37)25-16-10-5-11-17-25/h3-17,22,26-27H,18-21H2,1-2H3,(H,31,34)(H,32,35)(H,36,37)/t26-,27-/m0/s1. The van der Waals surface area contributed by atoms with Gasteiger partial charge in [-0.15, -0.1) is 0 Å². The molecule has 0 spiro atoms. The first-order valence-corrected chi connectivity index (χ1v) is 14.7. The molecule has 8 nitrogen and oxygen atoms in total. The zero-order valence-corrected chi connectivity index (χ0v) is 23.1. The Bertz CT molecular complexity index is 1270. The van der Waals surface area contributed by atoms with Crippen LogP contribution in [-0.4, -0.2) is 40.9 Å². The largest absolute Gasteiger partial charge is 0.445 e. The van der Waals surface area contributed by atoms with E-state index in [9.17, 15) is 23.8 Å². The maximum atomic E-state index is 13.4. The Labute approximate surface area is 229 Å². The van der Waals surface area contributed by atoms with Gasteiger partial charge in [0.05, 0.1) is 12.2 Å². The Morgan fingerprint density at radius 1 is 0.795 bits per heavy atom. The first-order chi connectivity index (χ1) is 18.6. The molecule has 0 fully saturated rings. The summed E-state index contributed by atoms with van der Waals surface area (Å²) in [6, 6.07) is 24.2. The molecular formula is C30H35N2O6P. The number of ketones is 1. The number of nitrogens with one attached hydrogen (secondary N) is 2. The van der Waals surface area contributed by atoms with Crippen LogP contribution in [0, 0.1) is 5.92 Å². The van der Waals surface area contributed by atoms with E-state index in [-0.39, 0.29) is 24.3 Å². The van der Waals surface area contributed by atoms with E-state index < -0.39 is 43.4 Å². The second kappa shape index (κ2) is 14.4. The second-order valence-electron chi connectivity index (χ2n) is 9.80. The minimum Gasteiger partial charge on any atom is -0.445 e. The summed E-state index contributed by atoms with van der Waals surface area (Å²) in [7, 11) is -4.00. The molecule has 0 radical (unpaired) electrons. The van der Waals surface area contributed by atoms with Gasteiger partial charge in [0.2, 0.25) is 13.3 Å². The molecule has 3 rings (SSSR count). The minimum atomic E-state index is -4.00. The van der Waals surface area contributed by atoms with Crippen molar-refractivity contribution >= 4 is 30.5 Å². The lowest BCUT2D eigenvalue weighted by atomic mass is 10.00. The van der Waals surface area contributed by atoms with Crippen LogP contribution in [0.1, 0.15) is 31.4 Å². The third kappa shape index (κ3) is 9.82. The van der Waals surface area contributed by atoms with Gasteiger partial charge in [0.15, 0.2) is 5.78 Å². The van der Waals surface area contributed by atoms with Gasteiger partial charge in [0.1, 0.15) is 12.6 Å². The number of hydrogen-bond acceptors (Lipinski definition) is 5. The molecule has 3 atom stereocenters. The second-order valence-corrected chi connectivity index (χ2v) is 12.0. The Kier molecular flexibility index (Phi) is 11.0. The number of carbonyl (C=O) groups excluding carboxylic acids is 3. The Balaban J connectivity index is 1.74. The number of Topliss-reactive ketones (excluding diaryl/α,β-unsaturated/α-hetero) is 1. The van der Waals surface area contributed by atoms with Gasteiger partial charge >= 0.3 is 6.09 Å². The lowest BCUT2D eigenvalue weighted by Gasteiger charge is -2.24. The molecule has 0 heterocycles. The number of ether oxygens (including phenoxy) is 1. The van der Waals surface area contributed by atoms with E-state index in [1.807, 2.05) is 74.5 Å².